The van der Waals surface area contributed by atoms with Crippen LogP contribution in [0.15, 0.2) is 12.4 Å². The lowest BCUT2D eigenvalue weighted by molar-refractivity contribution is 0.530. The Morgan fingerprint density at radius 1 is 1.42 bits per heavy atom. The molecule has 0 spiro atoms. The van der Waals surface area contributed by atoms with Crippen molar-refractivity contribution < 1.29 is 8.42 Å². The minimum Gasteiger partial charge on any atom is -0.355 e. The fraction of sp³-hybridized carbons (Fsp3) is 0.667. The lowest BCUT2D eigenvalue weighted by atomic mass is 10.1. The number of nitrogens with two attached hydrogens (primary N) is 1. The van der Waals surface area contributed by atoms with Gasteiger partial charge < -0.3 is 4.90 Å². The molecule has 1 saturated heterocycles. The third-order valence-electron chi connectivity index (χ3n) is 3.43. The quantitative estimate of drug-likeness (QED) is 0.889. The number of aromatic nitrogens is 2. The van der Waals surface area contributed by atoms with Crippen molar-refractivity contribution in [2.24, 2.45) is 5.14 Å². The summed E-state index contributed by atoms with van der Waals surface area (Å²) >= 11 is 0. The van der Waals surface area contributed by atoms with Gasteiger partial charge in [-0.3, -0.25) is 0 Å². The Labute approximate surface area is 114 Å². The van der Waals surface area contributed by atoms with Gasteiger partial charge in [0.05, 0.1) is 5.25 Å². The van der Waals surface area contributed by atoms with Crippen LogP contribution in [0.5, 0.6) is 0 Å². The molecule has 0 unspecified atom stereocenters. The van der Waals surface area contributed by atoms with Crippen LogP contribution in [0.25, 0.3) is 0 Å². The van der Waals surface area contributed by atoms with Crippen LogP contribution in [0.2, 0.25) is 0 Å². The Bertz CT molecular complexity index is 544. The molecule has 2 rings (SSSR count). The van der Waals surface area contributed by atoms with Crippen LogP contribution in [0.3, 0.4) is 0 Å². The molecule has 6 nitrogen and oxygen atoms in total. The van der Waals surface area contributed by atoms with Gasteiger partial charge in [-0.2, -0.15) is 0 Å². The number of nitrogens with zero attached hydrogens (tertiary/aromatic N) is 3. The Kier molecular flexibility index (Phi) is 4.05. The minimum absolute atomic E-state index is 0.320. The zero-order valence-corrected chi connectivity index (χ0v) is 12.1. The van der Waals surface area contributed by atoms with E-state index in [0.717, 1.165) is 24.5 Å². The van der Waals surface area contributed by atoms with Crippen LogP contribution >= 0.6 is 0 Å². The summed E-state index contributed by atoms with van der Waals surface area (Å²) in [4.78, 5) is 10.4. The first kappa shape index (κ1) is 14.2. The molecule has 0 amide bonds. The Morgan fingerprint density at radius 3 is 2.79 bits per heavy atom. The third-order valence-corrected chi connectivity index (χ3v) is 4.75. The number of anilines is 1. The smallest absolute Gasteiger partial charge is 0.213 e. The molecule has 0 bridgehead atoms. The molecule has 1 aliphatic rings. The lowest BCUT2D eigenvalue weighted by Crippen LogP contribution is -2.45. The van der Waals surface area contributed by atoms with Gasteiger partial charge in [0, 0.05) is 24.8 Å². The molecule has 1 aromatic rings. The first-order valence-electron chi connectivity index (χ1n) is 6.46. The van der Waals surface area contributed by atoms with E-state index in [1.807, 2.05) is 11.0 Å². The molecule has 1 aromatic heterocycles. The lowest BCUT2D eigenvalue weighted by Gasteiger charge is -2.32. The standard InChI is InChI=1S/C12H20N4O2S/c1-9(2)11-6-12(15-8-14-11)16-5-3-4-10(7-16)19(13,17)18/h6,8-10H,3-5,7H2,1-2H3,(H2,13,17,18)/t10-/m1/s1. The van der Waals surface area contributed by atoms with Crippen molar-refractivity contribution in [2.75, 3.05) is 18.0 Å². The number of piperidine rings is 1. The van der Waals surface area contributed by atoms with Gasteiger partial charge in [0.1, 0.15) is 12.1 Å². The van der Waals surface area contributed by atoms with Gasteiger partial charge in [-0.25, -0.2) is 23.5 Å². The average molecular weight is 284 g/mol. The van der Waals surface area contributed by atoms with E-state index < -0.39 is 15.3 Å². The summed E-state index contributed by atoms with van der Waals surface area (Å²) in [5.41, 5.74) is 0.961. The van der Waals surface area contributed by atoms with Gasteiger partial charge >= 0.3 is 0 Å². The van der Waals surface area contributed by atoms with E-state index in [1.54, 1.807) is 0 Å². The van der Waals surface area contributed by atoms with Crippen LogP contribution in [0, 0.1) is 0 Å². The predicted molar refractivity (Wildman–Crippen MR) is 74.5 cm³/mol. The van der Waals surface area contributed by atoms with Crippen molar-refractivity contribution in [3.8, 4) is 0 Å². The number of sulfonamides is 1. The summed E-state index contributed by atoms with van der Waals surface area (Å²) < 4.78 is 22.9. The largest absolute Gasteiger partial charge is 0.355 e. The molecule has 106 valence electrons. The van der Waals surface area contributed by atoms with Crippen molar-refractivity contribution in [3.05, 3.63) is 18.1 Å². The highest BCUT2D eigenvalue weighted by Gasteiger charge is 2.28. The Hall–Kier alpha value is -1.21. The summed E-state index contributed by atoms with van der Waals surface area (Å²) in [6, 6.07) is 1.93. The molecule has 0 aliphatic carbocycles. The highest BCUT2D eigenvalue weighted by Crippen LogP contribution is 2.22. The fourth-order valence-electron chi connectivity index (χ4n) is 2.26. The molecule has 19 heavy (non-hydrogen) atoms. The Balaban J connectivity index is 2.20. The monoisotopic (exact) mass is 284 g/mol. The number of hydrogen-bond donors (Lipinski definition) is 1. The van der Waals surface area contributed by atoms with Crippen LogP contribution < -0.4 is 10.0 Å². The van der Waals surface area contributed by atoms with E-state index >= 15 is 0 Å². The maximum atomic E-state index is 11.5. The molecule has 7 heteroatoms. The van der Waals surface area contributed by atoms with Crippen LogP contribution in [0.4, 0.5) is 5.82 Å². The molecular weight excluding hydrogens is 264 g/mol. The van der Waals surface area contributed by atoms with Crippen molar-refractivity contribution in [2.45, 2.75) is 37.9 Å². The van der Waals surface area contributed by atoms with E-state index in [9.17, 15) is 8.42 Å². The van der Waals surface area contributed by atoms with Crippen molar-refractivity contribution in [1.29, 1.82) is 0 Å². The van der Waals surface area contributed by atoms with E-state index in [0.29, 0.717) is 18.9 Å². The molecule has 1 fully saturated rings. The van der Waals surface area contributed by atoms with Crippen LogP contribution in [-0.2, 0) is 10.0 Å². The van der Waals surface area contributed by atoms with Crippen LogP contribution in [-0.4, -0.2) is 36.7 Å². The molecule has 0 aromatic carbocycles. The van der Waals surface area contributed by atoms with Crippen molar-refractivity contribution >= 4 is 15.8 Å². The first-order chi connectivity index (χ1) is 8.88. The maximum Gasteiger partial charge on any atom is 0.213 e. The molecule has 2 N–H and O–H groups in total. The molecule has 0 radical (unpaired) electrons. The summed E-state index contributed by atoms with van der Waals surface area (Å²) in [6.07, 6.45) is 2.96. The summed E-state index contributed by atoms with van der Waals surface area (Å²) in [6.45, 7) is 5.35. The number of rotatable bonds is 3. The second kappa shape index (κ2) is 5.42. The van der Waals surface area contributed by atoms with Gasteiger partial charge in [0.2, 0.25) is 10.0 Å². The van der Waals surface area contributed by atoms with Gasteiger partial charge in [0.15, 0.2) is 0 Å². The van der Waals surface area contributed by atoms with E-state index in [2.05, 4.69) is 23.8 Å². The normalized spacial score (nSPS) is 20.8. The molecular formula is C12H20N4O2S. The van der Waals surface area contributed by atoms with Gasteiger partial charge in [0.25, 0.3) is 0 Å². The van der Waals surface area contributed by atoms with E-state index in [-0.39, 0.29) is 0 Å². The summed E-state index contributed by atoms with van der Waals surface area (Å²) in [5.74, 6) is 1.10. The Morgan fingerprint density at radius 2 is 2.16 bits per heavy atom. The maximum absolute atomic E-state index is 11.5. The second-order valence-electron chi connectivity index (χ2n) is 5.26. The minimum atomic E-state index is -3.48. The highest BCUT2D eigenvalue weighted by molar-refractivity contribution is 7.89. The third kappa shape index (κ3) is 3.42. The van der Waals surface area contributed by atoms with Gasteiger partial charge in [-0.05, 0) is 18.8 Å². The van der Waals surface area contributed by atoms with Crippen LogP contribution in [0.1, 0.15) is 38.3 Å². The first-order valence-corrected chi connectivity index (χ1v) is 8.07. The summed E-state index contributed by atoms with van der Waals surface area (Å²) in [5, 5.41) is 4.74. The molecule has 2 heterocycles. The predicted octanol–water partition coefficient (Wildman–Crippen LogP) is 0.857. The number of hydrogen-bond acceptors (Lipinski definition) is 5. The second-order valence-corrected chi connectivity index (χ2v) is 7.10. The molecule has 1 atom stereocenters. The fourth-order valence-corrected chi connectivity index (χ4v) is 3.15. The number of primary sulfonamides is 1. The van der Waals surface area contributed by atoms with Crippen molar-refractivity contribution in [3.63, 3.8) is 0 Å². The average Bonchev–Trinajstić information content (AvgIpc) is 2.38. The molecule has 0 saturated carbocycles. The summed E-state index contributed by atoms with van der Waals surface area (Å²) in [7, 11) is -3.48. The topological polar surface area (TPSA) is 89.2 Å². The van der Waals surface area contributed by atoms with E-state index in [4.69, 9.17) is 5.14 Å². The highest BCUT2D eigenvalue weighted by atomic mass is 32.2. The van der Waals surface area contributed by atoms with Crippen molar-refractivity contribution in [1.82, 2.24) is 9.97 Å². The zero-order chi connectivity index (χ0) is 14.0. The SMILES string of the molecule is CC(C)c1cc(N2CCC[C@@H](S(N)(=O)=O)C2)ncn1. The molecule has 1 aliphatic heterocycles. The zero-order valence-electron chi connectivity index (χ0n) is 11.3. The van der Waals surface area contributed by atoms with E-state index in [1.165, 1.54) is 6.33 Å². The van der Waals surface area contributed by atoms with Gasteiger partial charge in [-0.15, -0.1) is 0 Å². The van der Waals surface area contributed by atoms with Gasteiger partial charge in [-0.1, -0.05) is 13.8 Å².